The highest BCUT2D eigenvalue weighted by Crippen LogP contribution is 2.42. The molecule has 3 aromatic rings. The van der Waals surface area contributed by atoms with Gasteiger partial charge in [0.25, 0.3) is 5.91 Å². The number of hydrogen-bond acceptors (Lipinski definition) is 4. The first-order valence-electron chi connectivity index (χ1n) is 11.0. The van der Waals surface area contributed by atoms with Crippen LogP contribution in [-0.2, 0) is 23.2 Å². The molecule has 0 spiro atoms. The van der Waals surface area contributed by atoms with Crippen LogP contribution in [0.5, 0.6) is 0 Å². The highest BCUT2D eigenvalue weighted by molar-refractivity contribution is 6.09. The molecule has 0 saturated heterocycles. The molecule has 6 heteroatoms. The summed E-state index contributed by atoms with van der Waals surface area (Å²) in [6.45, 7) is 0. The second kappa shape index (κ2) is 7.86. The topological polar surface area (TPSA) is 82.5 Å². The number of nitrogens with zero attached hydrogens (tertiary/aromatic N) is 3. The highest BCUT2D eigenvalue weighted by Gasteiger charge is 2.49. The Morgan fingerprint density at radius 1 is 1.03 bits per heavy atom. The smallest absolute Gasteiger partial charge is 0.266 e. The van der Waals surface area contributed by atoms with Crippen molar-refractivity contribution in [3.05, 3.63) is 94.3 Å². The van der Waals surface area contributed by atoms with E-state index >= 15 is 0 Å². The van der Waals surface area contributed by atoms with Gasteiger partial charge in [0, 0.05) is 12.6 Å². The zero-order valence-corrected chi connectivity index (χ0v) is 18.3. The number of aliphatic imine (C=N–C) groups is 1. The Labute approximate surface area is 192 Å². The molecule has 2 aliphatic rings. The number of rotatable bonds is 3. The van der Waals surface area contributed by atoms with Crippen molar-refractivity contribution < 1.29 is 9.18 Å². The van der Waals surface area contributed by atoms with E-state index in [0.717, 1.165) is 24.8 Å². The molecule has 1 amide bonds. The third-order valence-corrected chi connectivity index (χ3v) is 6.69. The van der Waals surface area contributed by atoms with E-state index in [1.165, 1.54) is 40.6 Å². The average Bonchev–Trinajstić information content (AvgIpc) is 3.09. The van der Waals surface area contributed by atoms with Crippen LogP contribution in [0, 0.1) is 17.1 Å². The van der Waals surface area contributed by atoms with Crippen LogP contribution in [0.4, 0.5) is 4.39 Å². The normalized spacial score (nSPS) is 19.7. The highest BCUT2D eigenvalue weighted by atomic mass is 19.1. The molecule has 1 aliphatic heterocycles. The summed E-state index contributed by atoms with van der Waals surface area (Å²) < 4.78 is 14.7. The van der Waals surface area contributed by atoms with Crippen molar-refractivity contribution in [1.82, 2.24) is 4.90 Å². The maximum atomic E-state index is 14.7. The lowest BCUT2D eigenvalue weighted by Crippen LogP contribution is -2.41. The molecule has 0 fully saturated rings. The van der Waals surface area contributed by atoms with E-state index in [0.29, 0.717) is 22.3 Å². The summed E-state index contributed by atoms with van der Waals surface area (Å²) >= 11 is 0. The fourth-order valence-corrected chi connectivity index (χ4v) is 4.87. The van der Waals surface area contributed by atoms with Crippen molar-refractivity contribution >= 4 is 11.9 Å². The van der Waals surface area contributed by atoms with Crippen molar-refractivity contribution in [2.75, 3.05) is 7.05 Å². The summed E-state index contributed by atoms with van der Waals surface area (Å²) in [6, 6.07) is 19.5. The van der Waals surface area contributed by atoms with Gasteiger partial charge in [-0.05, 0) is 77.8 Å². The van der Waals surface area contributed by atoms with Crippen LogP contribution in [-0.4, -0.2) is 23.8 Å². The Hall–Kier alpha value is -3.98. The second-order valence-electron chi connectivity index (χ2n) is 8.62. The molecule has 1 unspecified atom stereocenters. The summed E-state index contributed by atoms with van der Waals surface area (Å²) in [6.07, 6.45) is 4.28. The molecule has 5 nitrogen and oxygen atoms in total. The summed E-state index contributed by atoms with van der Waals surface area (Å²) in [5.74, 6) is -0.549. The fourth-order valence-electron chi connectivity index (χ4n) is 4.87. The third kappa shape index (κ3) is 3.28. The number of carbonyl (C=O) groups is 1. The molecule has 1 heterocycles. The van der Waals surface area contributed by atoms with Gasteiger partial charge in [0.1, 0.15) is 5.82 Å². The molecule has 1 aliphatic carbocycles. The standard InChI is InChI=1S/C27H23FN4O/c1-32-25(33)27(31-26(32)30,22-11-10-18-5-2-3-6-19(18)14-22)21-8-4-7-20(15-21)23-13-17(16-29)9-12-24(23)28/h4,7-15H,2-3,5-6H2,1H3,(H2,30,31). The Bertz CT molecular complexity index is 1360. The minimum absolute atomic E-state index is 0.140. The van der Waals surface area contributed by atoms with Gasteiger partial charge in [-0.1, -0.05) is 36.4 Å². The molecular formula is C27H23FN4O. The molecular weight excluding hydrogens is 415 g/mol. The van der Waals surface area contributed by atoms with Gasteiger partial charge >= 0.3 is 0 Å². The Balaban J connectivity index is 1.71. The van der Waals surface area contributed by atoms with E-state index in [1.54, 1.807) is 25.2 Å². The number of likely N-dealkylation sites (N-methyl/N-ethyl adjacent to an activating group) is 1. The van der Waals surface area contributed by atoms with E-state index in [2.05, 4.69) is 17.1 Å². The molecule has 164 valence electrons. The minimum Gasteiger partial charge on any atom is -0.369 e. The molecule has 0 bridgehead atoms. The van der Waals surface area contributed by atoms with Crippen molar-refractivity contribution in [3.8, 4) is 17.2 Å². The van der Waals surface area contributed by atoms with Gasteiger partial charge in [0.2, 0.25) is 0 Å². The zero-order valence-electron chi connectivity index (χ0n) is 18.3. The lowest BCUT2D eigenvalue weighted by Gasteiger charge is -2.28. The molecule has 0 saturated carbocycles. The van der Waals surface area contributed by atoms with Gasteiger partial charge in [-0.25, -0.2) is 9.38 Å². The van der Waals surface area contributed by atoms with Crippen molar-refractivity contribution in [3.63, 3.8) is 0 Å². The summed E-state index contributed by atoms with van der Waals surface area (Å²) in [4.78, 5) is 19.7. The summed E-state index contributed by atoms with van der Waals surface area (Å²) in [7, 11) is 1.61. The van der Waals surface area contributed by atoms with E-state index in [4.69, 9.17) is 5.73 Å². The van der Waals surface area contributed by atoms with Gasteiger partial charge in [0.05, 0.1) is 11.6 Å². The molecule has 0 radical (unpaired) electrons. The summed E-state index contributed by atoms with van der Waals surface area (Å²) in [5, 5.41) is 9.25. The van der Waals surface area contributed by atoms with Gasteiger partial charge in [-0.3, -0.25) is 9.69 Å². The number of aryl methyl sites for hydroxylation is 2. The first-order valence-corrected chi connectivity index (χ1v) is 11.0. The van der Waals surface area contributed by atoms with Gasteiger partial charge in [0.15, 0.2) is 11.5 Å². The fraction of sp³-hybridized carbons (Fsp3) is 0.222. The first-order chi connectivity index (χ1) is 15.9. The van der Waals surface area contributed by atoms with E-state index in [1.807, 2.05) is 18.2 Å². The largest absolute Gasteiger partial charge is 0.369 e. The number of hydrogen-bond donors (Lipinski definition) is 1. The van der Waals surface area contributed by atoms with Crippen molar-refractivity contribution in [2.24, 2.45) is 10.7 Å². The number of carbonyl (C=O) groups excluding carboxylic acids is 1. The number of halogens is 1. The number of amides is 1. The number of nitrogens with two attached hydrogens (primary N) is 1. The third-order valence-electron chi connectivity index (χ3n) is 6.69. The second-order valence-corrected chi connectivity index (χ2v) is 8.62. The molecule has 33 heavy (non-hydrogen) atoms. The monoisotopic (exact) mass is 438 g/mol. The van der Waals surface area contributed by atoms with Crippen LogP contribution in [0.15, 0.2) is 65.7 Å². The van der Waals surface area contributed by atoms with Crippen LogP contribution in [0.2, 0.25) is 0 Å². The van der Waals surface area contributed by atoms with E-state index < -0.39 is 11.4 Å². The quantitative estimate of drug-likeness (QED) is 0.663. The predicted octanol–water partition coefficient (Wildman–Crippen LogP) is 4.27. The molecule has 5 rings (SSSR count). The number of benzene rings is 3. The van der Waals surface area contributed by atoms with Gasteiger partial charge in [-0.15, -0.1) is 0 Å². The predicted molar refractivity (Wildman–Crippen MR) is 125 cm³/mol. The van der Waals surface area contributed by atoms with Crippen molar-refractivity contribution in [1.29, 1.82) is 5.26 Å². The number of fused-ring (bicyclic) bond motifs is 1. The lowest BCUT2D eigenvalue weighted by atomic mass is 9.79. The Morgan fingerprint density at radius 3 is 2.52 bits per heavy atom. The number of guanidine groups is 1. The molecule has 0 aromatic heterocycles. The van der Waals surface area contributed by atoms with E-state index in [-0.39, 0.29) is 11.9 Å². The Morgan fingerprint density at radius 2 is 1.79 bits per heavy atom. The summed E-state index contributed by atoms with van der Waals surface area (Å²) in [5.41, 5.74) is 9.91. The first kappa shape index (κ1) is 20.9. The lowest BCUT2D eigenvalue weighted by molar-refractivity contribution is -0.129. The van der Waals surface area contributed by atoms with Crippen LogP contribution >= 0.6 is 0 Å². The zero-order chi connectivity index (χ0) is 23.2. The minimum atomic E-state index is -1.34. The molecule has 3 aromatic carbocycles. The average molecular weight is 439 g/mol. The van der Waals surface area contributed by atoms with Crippen LogP contribution < -0.4 is 5.73 Å². The van der Waals surface area contributed by atoms with Crippen LogP contribution in [0.25, 0.3) is 11.1 Å². The molecule has 2 N–H and O–H groups in total. The van der Waals surface area contributed by atoms with Crippen LogP contribution in [0.1, 0.15) is 40.7 Å². The SMILES string of the molecule is CN1C(=O)C(c2cccc(-c3cc(C#N)ccc3F)c2)(c2ccc3c(c2)CCCC3)N=C1N. The molecule has 1 atom stereocenters. The Kier molecular flexibility index (Phi) is 4.98. The maximum absolute atomic E-state index is 14.7. The van der Waals surface area contributed by atoms with Gasteiger partial charge in [-0.2, -0.15) is 5.26 Å². The number of nitriles is 1. The van der Waals surface area contributed by atoms with Crippen molar-refractivity contribution in [2.45, 2.75) is 31.2 Å². The maximum Gasteiger partial charge on any atom is 0.266 e. The van der Waals surface area contributed by atoms with Crippen LogP contribution in [0.3, 0.4) is 0 Å². The van der Waals surface area contributed by atoms with Gasteiger partial charge < -0.3 is 5.73 Å². The van der Waals surface area contributed by atoms with E-state index in [9.17, 15) is 14.4 Å².